The summed E-state index contributed by atoms with van der Waals surface area (Å²) in [5, 5.41) is 2.90. The average molecular weight is 447 g/mol. The predicted octanol–water partition coefficient (Wildman–Crippen LogP) is 3.83. The minimum atomic E-state index is -3.25. The van der Waals surface area contributed by atoms with Crippen LogP contribution in [0.4, 0.5) is 5.69 Å². The molecule has 2 aromatic rings. The number of hydrogen-bond acceptors (Lipinski definition) is 5. The maximum atomic E-state index is 12.8. The van der Waals surface area contributed by atoms with E-state index in [1.54, 1.807) is 18.2 Å². The first-order chi connectivity index (χ1) is 14.9. The zero-order valence-electron chi connectivity index (χ0n) is 18.3. The fourth-order valence-electron chi connectivity index (χ4n) is 3.63. The minimum Gasteiger partial charge on any atom is -0.490 e. The van der Waals surface area contributed by atoms with Gasteiger partial charge in [0, 0.05) is 24.3 Å². The Morgan fingerprint density at radius 3 is 2.45 bits per heavy atom. The van der Waals surface area contributed by atoms with Crippen molar-refractivity contribution >= 4 is 21.6 Å². The molecule has 1 N–H and O–H groups in total. The Hall–Kier alpha value is -2.58. The Morgan fingerprint density at radius 2 is 1.74 bits per heavy atom. The molecule has 1 heterocycles. The molecular formula is C23H30N2O5S. The highest BCUT2D eigenvalue weighted by Crippen LogP contribution is 2.29. The second-order valence-electron chi connectivity index (χ2n) is 7.36. The molecule has 1 aliphatic heterocycles. The van der Waals surface area contributed by atoms with Crippen LogP contribution < -0.4 is 14.8 Å². The van der Waals surface area contributed by atoms with Crippen LogP contribution in [0.1, 0.15) is 48.7 Å². The quantitative estimate of drug-likeness (QED) is 0.633. The third kappa shape index (κ3) is 5.57. The van der Waals surface area contributed by atoms with Crippen molar-refractivity contribution in [1.29, 1.82) is 0 Å². The third-order valence-electron chi connectivity index (χ3n) is 5.10. The molecule has 0 saturated heterocycles. The van der Waals surface area contributed by atoms with Gasteiger partial charge in [-0.05, 0) is 68.1 Å². The molecule has 31 heavy (non-hydrogen) atoms. The summed E-state index contributed by atoms with van der Waals surface area (Å²) in [7, 11) is -3.25. The highest BCUT2D eigenvalue weighted by molar-refractivity contribution is 7.89. The zero-order valence-corrected chi connectivity index (χ0v) is 19.1. The van der Waals surface area contributed by atoms with Gasteiger partial charge in [0.05, 0.1) is 19.0 Å². The average Bonchev–Trinajstić information content (AvgIpc) is 2.74. The standard InChI is InChI=1S/C23H30N2O5S/c1-4-13-31(27,28)25-12-11-17-7-9-20(14-19(17)16-25)24-23(26)18-8-10-21(29-5-2)22(15-18)30-6-3/h7-10,14-15H,4-6,11-13,16H2,1-3H3,(H,24,26). The maximum absolute atomic E-state index is 12.8. The van der Waals surface area contributed by atoms with Crippen molar-refractivity contribution in [2.24, 2.45) is 0 Å². The number of nitrogens with one attached hydrogen (secondary N) is 1. The lowest BCUT2D eigenvalue weighted by atomic mass is 10.0. The first kappa shape index (κ1) is 23.1. The van der Waals surface area contributed by atoms with E-state index in [1.807, 2.05) is 39.0 Å². The molecule has 0 spiro atoms. The van der Waals surface area contributed by atoms with Gasteiger partial charge in [-0.3, -0.25) is 4.79 Å². The normalized spacial score (nSPS) is 14.0. The van der Waals surface area contributed by atoms with E-state index >= 15 is 0 Å². The number of nitrogens with zero attached hydrogens (tertiary/aromatic N) is 1. The van der Waals surface area contributed by atoms with Crippen molar-refractivity contribution in [3.05, 3.63) is 53.1 Å². The van der Waals surface area contributed by atoms with E-state index in [-0.39, 0.29) is 11.7 Å². The van der Waals surface area contributed by atoms with Crippen molar-refractivity contribution in [2.75, 3.05) is 30.8 Å². The molecule has 0 radical (unpaired) electrons. The zero-order chi connectivity index (χ0) is 22.4. The number of anilines is 1. The fraction of sp³-hybridized carbons (Fsp3) is 0.435. The van der Waals surface area contributed by atoms with Crippen LogP contribution in [0.15, 0.2) is 36.4 Å². The van der Waals surface area contributed by atoms with Crippen molar-refractivity contribution in [3.63, 3.8) is 0 Å². The van der Waals surface area contributed by atoms with Gasteiger partial charge in [0.1, 0.15) is 0 Å². The highest BCUT2D eigenvalue weighted by atomic mass is 32.2. The van der Waals surface area contributed by atoms with Crippen LogP contribution in [0.25, 0.3) is 0 Å². The van der Waals surface area contributed by atoms with E-state index in [9.17, 15) is 13.2 Å². The molecule has 0 unspecified atom stereocenters. The Bertz CT molecular complexity index is 1040. The minimum absolute atomic E-state index is 0.151. The van der Waals surface area contributed by atoms with Gasteiger partial charge in [0.2, 0.25) is 10.0 Å². The van der Waals surface area contributed by atoms with Crippen LogP contribution in [0.5, 0.6) is 11.5 Å². The van der Waals surface area contributed by atoms with Crippen LogP contribution in [0.3, 0.4) is 0 Å². The molecule has 7 nitrogen and oxygen atoms in total. The van der Waals surface area contributed by atoms with Gasteiger partial charge in [0.25, 0.3) is 5.91 Å². The summed E-state index contributed by atoms with van der Waals surface area (Å²) in [5.41, 5.74) is 3.12. The molecular weight excluding hydrogens is 416 g/mol. The second-order valence-corrected chi connectivity index (χ2v) is 9.45. The Balaban J connectivity index is 1.77. The monoisotopic (exact) mass is 446 g/mol. The summed E-state index contributed by atoms with van der Waals surface area (Å²) in [6.45, 7) is 7.42. The molecule has 0 fully saturated rings. The molecule has 168 valence electrons. The van der Waals surface area contributed by atoms with Gasteiger partial charge in [-0.1, -0.05) is 13.0 Å². The van der Waals surface area contributed by atoms with Crippen LogP contribution in [-0.2, 0) is 23.0 Å². The number of fused-ring (bicyclic) bond motifs is 1. The van der Waals surface area contributed by atoms with E-state index in [0.29, 0.717) is 61.9 Å². The van der Waals surface area contributed by atoms with Gasteiger partial charge < -0.3 is 14.8 Å². The summed E-state index contributed by atoms with van der Waals surface area (Å²) in [6.07, 6.45) is 1.26. The van der Waals surface area contributed by atoms with Crippen molar-refractivity contribution in [2.45, 2.75) is 40.2 Å². The number of hydrogen-bond donors (Lipinski definition) is 1. The molecule has 1 aliphatic rings. The lowest BCUT2D eigenvalue weighted by Gasteiger charge is -2.28. The summed E-state index contributed by atoms with van der Waals surface area (Å²) in [5.74, 6) is 1.01. The number of benzene rings is 2. The first-order valence-electron chi connectivity index (χ1n) is 10.7. The maximum Gasteiger partial charge on any atom is 0.255 e. The largest absolute Gasteiger partial charge is 0.490 e. The van der Waals surface area contributed by atoms with E-state index in [0.717, 1.165) is 11.1 Å². The van der Waals surface area contributed by atoms with Gasteiger partial charge >= 0.3 is 0 Å². The Labute approximate surface area is 184 Å². The molecule has 0 aliphatic carbocycles. The lowest BCUT2D eigenvalue weighted by molar-refractivity contribution is 0.102. The number of rotatable bonds is 9. The van der Waals surface area contributed by atoms with Gasteiger partial charge in [-0.15, -0.1) is 0 Å². The number of sulfonamides is 1. The summed E-state index contributed by atoms with van der Waals surface area (Å²) in [6, 6.07) is 10.8. The van der Waals surface area contributed by atoms with Gasteiger partial charge in [0.15, 0.2) is 11.5 Å². The molecule has 8 heteroatoms. The van der Waals surface area contributed by atoms with Crippen LogP contribution >= 0.6 is 0 Å². The van der Waals surface area contributed by atoms with Crippen LogP contribution in [0.2, 0.25) is 0 Å². The number of ether oxygens (including phenoxy) is 2. The van der Waals surface area contributed by atoms with E-state index in [2.05, 4.69) is 5.32 Å². The molecule has 1 amide bonds. The Kier molecular flexibility index (Phi) is 7.56. The number of amides is 1. The van der Waals surface area contributed by atoms with Crippen LogP contribution in [0, 0.1) is 0 Å². The second kappa shape index (κ2) is 10.2. The fourth-order valence-corrected chi connectivity index (χ4v) is 5.11. The van der Waals surface area contributed by atoms with Crippen molar-refractivity contribution < 1.29 is 22.7 Å². The molecule has 0 aromatic heterocycles. The SMILES string of the molecule is CCCS(=O)(=O)N1CCc2ccc(NC(=O)c3ccc(OCC)c(OCC)c3)cc2C1. The Morgan fingerprint density at radius 1 is 1.00 bits per heavy atom. The molecule has 2 aromatic carbocycles. The lowest BCUT2D eigenvalue weighted by Crippen LogP contribution is -2.37. The first-order valence-corrected chi connectivity index (χ1v) is 12.3. The van der Waals surface area contributed by atoms with Crippen molar-refractivity contribution in [1.82, 2.24) is 4.31 Å². The highest BCUT2D eigenvalue weighted by Gasteiger charge is 2.26. The van der Waals surface area contributed by atoms with Crippen molar-refractivity contribution in [3.8, 4) is 11.5 Å². The van der Waals surface area contributed by atoms with E-state index in [4.69, 9.17) is 9.47 Å². The molecule has 0 saturated carbocycles. The topological polar surface area (TPSA) is 84.9 Å². The number of carbonyl (C=O) groups is 1. The smallest absolute Gasteiger partial charge is 0.255 e. The number of carbonyl (C=O) groups excluding carboxylic acids is 1. The van der Waals surface area contributed by atoms with Gasteiger partial charge in [-0.25, -0.2) is 8.42 Å². The molecule has 0 atom stereocenters. The predicted molar refractivity (Wildman–Crippen MR) is 121 cm³/mol. The van der Waals surface area contributed by atoms with Gasteiger partial charge in [-0.2, -0.15) is 4.31 Å². The summed E-state index contributed by atoms with van der Waals surface area (Å²) >= 11 is 0. The summed E-state index contributed by atoms with van der Waals surface area (Å²) in [4.78, 5) is 12.8. The van der Waals surface area contributed by atoms with E-state index < -0.39 is 10.0 Å². The molecule has 0 bridgehead atoms. The van der Waals surface area contributed by atoms with E-state index in [1.165, 1.54) is 4.31 Å². The van der Waals surface area contributed by atoms with Crippen LogP contribution in [-0.4, -0.2) is 44.1 Å². The third-order valence-corrected chi connectivity index (χ3v) is 7.13. The molecule has 3 rings (SSSR count). The summed E-state index contributed by atoms with van der Waals surface area (Å²) < 4.78 is 37.6.